The van der Waals surface area contributed by atoms with Gasteiger partial charge in [0.05, 0.1) is 5.92 Å². The smallest absolute Gasteiger partial charge is 0.309 e. The SMILES string of the molecule is C[C@@H](OC(=O)C1CC1)C(=O)Nc1ccccc1-c1ccccc1. The van der Waals surface area contributed by atoms with Crippen LogP contribution in [0.15, 0.2) is 54.6 Å². The number of para-hydroxylation sites is 1. The fourth-order valence-electron chi connectivity index (χ4n) is 2.34. The Kier molecular flexibility index (Phi) is 4.42. The lowest BCUT2D eigenvalue weighted by molar-refractivity contribution is -0.154. The van der Waals surface area contributed by atoms with Crippen LogP contribution in [-0.4, -0.2) is 18.0 Å². The van der Waals surface area contributed by atoms with Crippen LogP contribution < -0.4 is 5.32 Å². The van der Waals surface area contributed by atoms with Crippen molar-refractivity contribution in [2.45, 2.75) is 25.9 Å². The molecule has 2 aromatic carbocycles. The van der Waals surface area contributed by atoms with Crippen molar-refractivity contribution in [2.24, 2.45) is 5.92 Å². The second-order valence-corrected chi connectivity index (χ2v) is 5.75. The molecular formula is C19H19NO3. The van der Waals surface area contributed by atoms with Gasteiger partial charge in [-0.3, -0.25) is 9.59 Å². The molecule has 1 aliphatic carbocycles. The van der Waals surface area contributed by atoms with E-state index >= 15 is 0 Å². The highest BCUT2D eigenvalue weighted by Gasteiger charge is 2.33. The molecule has 118 valence electrons. The summed E-state index contributed by atoms with van der Waals surface area (Å²) in [6.07, 6.45) is 0.931. The zero-order valence-corrected chi connectivity index (χ0v) is 13.0. The van der Waals surface area contributed by atoms with Crippen molar-refractivity contribution in [2.75, 3.05) is 5.32 Å². The van der Waals surface area contributed by atoms with E-state index in [2.05, 4.69) is 5.32 Å². The molecule has 2 aromatic rings. The molecule has 0 aromatic heterocycles. The molecule has 1 fully saturated rings. The topological polar surface area (TPSA) is 55.4 Å². The number of carbonyl (C=O) groups is 2. The van der Waals surface area contributed by atoms with E-state index in [0.29, 0.717) is 5.69 Å². The summed E-state index contributed by atoms with van der Waals surface area (Å²) >= 11 is 0. The quantitative estimate of drug-likeness (QED) is 0.858. The lowest BCUT2D eigenvalue weighted by Crippen LogP contribution is -2.30. The summed E-state index contributed by atoms with van der Waals surface area (Å²) in [5.74, 6) is -0.603. The van der Waals surface area contributed by atoms with Gasteiger partial charge in [-0.15, -0.1) is 0 Å². The van der Waals surface area contributed by atoms with Crippen LogP contribution in [-0.2, 0) is 14.3 Å². The Morgan fingerprint density at radius 3 is 2.39 bits per heavy atom. The first-order chi connectivity index (χ1) is 11.1. The number of anilines is 1. The van der Waals surface area contributed by atoms with Crippen molar-refractivity contribution < 1.29 is 14.3 Å². The van der Waals surface area contributed by atoms with Crippen LogP contribution in [0.2, 0.25) is 0 Å². The normalized spacial score (nSPS) is 14.8. The van der Waals surface area contributed by atoms with E-state index in [1.807, 2.05) is 54.6 Å². The van der Waals surface area contributed by atoms with Gasteiger partial charge >= 0.3 is 5.97 Å². The van der Waals surface area contributed by atoms with Gasteiger partial charge in [-0.25, -0.2) is 0 Å². The third kappa shape index (κ3) is 3.77. The summed E-state index contributed by atoms with van der Waals surface area (Å²) in [6, 6.07) is 17.4. The Labute approximate surface area is 135 Å². The van der Waals surface area contributed by atoms with E-state index in [4.69, 9.17) is 4.74 Å². The Balaban J connectivity index is 1.72. The van der Waals surface area contributed by atoms with Crippen molar-refractivity contribution in [3.63, 3.8) is 0 Å². The maximum atomic E-state index is 12.3. The lowest BCUT2D eigenvalue weighted by Gasteiger charge is -2.15. The van der Waals surface area contributed by atoms with Crippen LogP contribution >= 0.6 is 0 Å². The largest absolute Gasteiger partial charge is 0.452 e. The Morgan fingerprint density at radius 1 is 1.04 bits per heavy atom. The van der Waals surface area contributed by atoms with Crippen molar-refractivity contribution in [3.8, 4) is 11.1 Å². The average molecular weight is 309 g/mol. The number of rotatable bonds is 5. The molecule has 4 heteroatoms. The molecule has 1 saturated carbocycles. The van der Waals surface area contributed by atoms with Gasteiger partial charge in [-0.05, 0) is 31.4 Å². The van der Waals surface area contributed by atoms with Gasteiger partial charge < -0.3 is 10.1 Å². The highest BCUT2D eigenvalue weighted by Crippen LogP contribution is 2.31. The number of amides is 1. The molecule has 1 N–H and O–H groups in total. The molecule has 1 aliphatic rings. The number of nitrogens with one attached hydrogen (secondary N) is 1. The molecule has 0 bridgehead atoms. The monoisotopic (exact) mass is 309 g/mol. The Hall–Kier alpha value is -2.62. The van der Waals surface area contributed by atoms with Gasteiger partial charge in [0.25, 0.3) is 5.91 Å². The first-order valence-corrected chi connectivity index (χ1v) is 7.81. The number of esters is 1. The lowest BCUT2D eigenvalue weighted by atomic mass is 10.0. The number of hydrogen-bond acceptors (Lipinski definition) is 3. The van der Waals surface area contributed by atoms with Crippen molar-refractivity contribution >= 4 is 17.6 Å². The summed E-state index contributed by atoms with van der Waals surface area (Å²) in [5, 5.41) is 2.86. The molecule has 0 saturated heterocycles. The first kappa shape index (κ1) is 15.3. The van der Waals surface area contributed by atoms with Crippen molar-refractivity contribution in [1.82, 2.24) is 0 Å². The summed E-state index contributed by atoms with van der Waals surface area (Å²) in [5.41, 5.74) is 2.66. The number of carbonyl (C=O) groups excluding carboxylic acids is 2. The first-order valence-electron chi connectivity index (χ1n) is 7.81. The van der Waals surface area contributed by atoms with Gasteiger partial charge in [-0.1, -0.05) is 48.5 Å². The average Bonchev–Trinajstić information content (AvgIpc) is 3.41. The van der Waals surface area contributed by atoms with E-state index in [9.17, 15) is 9.59 Å². The highest BCUT2D eigenvalue weighted by molar-refractivity contribution is 5.98. The predicted molar refractivity (Wildman–Crippen MR) is 88.8 cm³/mol. The molecule has 0 unspecified atom stereocenters. The predicted octanol–water partition coefficient (Wildman–Crippen LogP) is 3.63. The van der Waals surface area contributed by atoms with Gasteiger partial charge in [0.2, 0.25) is 0 Å². The fourth-order valence-corrected chi connectivity index (χ4v) is 2.34. The minimum absolute atomic E-state index is 0.0122. The van der Waals surface area contributed by atoms with E-state index in [1.54, 1.807) is 6.92 Å². The van der Waals surface area contributed by atoms with Crippen LogP contribution in [0.5, 0.6) is 0 Å². The second kappa shape index (κ2) is 6.65. The van der Waals surface area contributed by atoms with Crippen LogP contribution in [0.25, 0.3) is 11.1 Å². The Morgan fingerprint density at radius 2 is 1.70 bits per heavy atom. The summed E-state index contributed by atoms with van der Waals surface area (Å²) in [4.78, 5) is 23.9. The van der Waals surface area contributed by atoms with Gasteiger partial charge in [0, 0.05) is 11.3 Å². The molecule has 0 aliphatic heterocycles. The zero-order valence-electron chi connectivity index (χ0n) is 13.0. The molecule has 23 heavy (non-hydrogen) atoms. The third-order valence-corrected chi connectivity index (χ3v) is 3.84. The van der Waals surface area contributed by atoms with E-state index in [0.717, 1.165) is 24.0 Å². The third-order valence-electron chi connectivity index (χ3n) is 3.84. The fraction of sp³-hybridized carbons (Fsp3) is 0.263. The molecule has 0 heterocycles. The molecule has 1 amide bonds. The molecule has 3 rings (SSSR count). The Bertz CT molecular complexity index is 708. The minimum atomic E-state index is -0.799. The highest BCUT2D eigenvalue weighted by atomic mass is 16.5. The van der Waals surface area contributed by atoms with Crippen LogP contribution in [0.1, 0.15) is 19.8 Å². The molecule has 4 nitrogen and oxygen atoms in total. The van der Waals surface area contributed by atoms with Crippen LogP contribution in [0.4, 0.5) is 5.69 Å². The van der Waals surface area contributed by atoms with Crippen molar-refractivity contribution in [3.05, 3.63) is 54.6 Å². The molecular weight excluding hydrogens is 290 g/mol. The zero-order chi connectivity index (χ0) is 16.2. The van der Waals surface area contributed by atoms with Gasteiger partial charge in [-0.2, -0.15) is 0 Å². The maximum absolute atomic E-state index is 12.3. The molecule has 0 spiro atoms. The van der Waals surface area contributed by atoms with Crippen LogP contribution in [0, 0.1) is 5.92 Å². The number of hydrogen-bond donors (Lipinski definition) is 1. The van der Waals surface area contributed by atoms with Crippen molar-refractivity contribution in [1.29, 1.82) is 0 Å². The summed E-state index contributed by atoms with van der Waals surface area (Å²) < 4.78 is 5.20. The van der Waals surface area contributed by atoms with E-state index in [1.165, 1.54) is 0 Å². The van der Waals surface area contributed by atoms with Crippen LogP contribution in [0.3, 0.4) is 0 Å². The number of benzene rings is 2. The number of ether oxygens (including phenoxy) is 1. The maximum Gasteiger partial charge on any atom is 0.309 e. The minimum Gasteiger partial charge on any atom is -0.452 e. The molecule has 0 radical (unpaired) electrons. The standard InChI is InChI=1S/C19H19NO3/c1-13(23-19(22)15-11-12-15)18(21)20-17-10-6-5-9-16(17)14-7-3-2-4-8-14/h2-10,13,15H,11-12H2,1H3,(H,20,21)/t13-/m1/s1. The second-order valence-electron chi connectivity index (χ2n) is 5.75. The summed E-state index contributed by atoms with van der Waals surface area (Å²) in [6.45, 7) is 1.60. The van der Waals surface area contributed by atoms with Gasteiger partial charge in [0.15, 0.2) is 6.10 Å². The van der Waals surface area contributed by atoms with E-state index < -0.39 is 6.10 Å². The van der Waals surface area contributed by atoms with E-state index in [-0.39, 0.29) is 17.8 Å². The van der Waals surface area contributed by atoms with Gasteiger partial charge in [0.1, 0.15) is 0 Å². The summed E-state index contributed by atoms with van der Waals surface area (Å²) in [7, 11) is 0. The molecule has 1 atom stereocenters.